The fourth-order valence-electron chi connectivity index (χ4n) is 2.90. The van der Waals surface area contributed by atoms with Gasteiger partial charge in [-0.15, -0.1) is 10.2 Å². The topological polar surface area (TPSA) is 77.7 Å². The Bertz CT molecular complexity index is 858. The van der Waals surface area contributed by atoms with Crippen molar-refractivity contribution in [1.29, 1.82) is 0 Å². The smallest absolute Gasteiger partial charge is 0.289 e. The van der Waals surface area contributed by atoms with Gasteiger partial charge < -0.3 is 18.8 Å². The summed E-state index contributed by atoms with van der Waals surface area (Å²) in [6.07, 6.45) is 0.621. The third-order valence-electron chi connectivity index (χ3n) is 4.18. The number of nitrogens with zero attached hydrogens (tertiary/aromatic N) is 3. The Morgan fingerprint density at radius 3 is 2.76 bits per heavy atom. The lowest BCUT2D eigenvalue weighted by molar-refractivity contribution is 0.0742. The summed E-state index contributed by atoms with van der Waals surface area (Å²) < 4.78 is 16.4. The van der Waals surface area contributed by atoms with E-state index in [1.165, 1.54) is 7.11 Å². The zero-order chi connectivity index (χ0) is 17.2. The fraction of sp³-hybridized carbons (Fsp3) is 0.278. The van der Waals surface area contributed by atoms with Gasteiger partial charge in [-0.3, -0.25) is 4.79 Å². The molecule has 1 aromatic carbocycles. The number of hydrogen-bond donors (Lipinski definition) is 0. The average Bonchev–Trinajstić information content (AvgIpc) is 3.28. The molecular weight excluding hydrogens is 322 g/mol. The molecule has 1 fully saturated rings. The van der Waals surface area contributed by atoms with E-state index in [0.717, 1.165) is 11.8 Å². The molecule has 0 N–H and O–H groups in total. The van der Waals surface area contributed by atoms with Crippen LogP contribution in [-0.4, -0.2) is 47.3 Å². The highest BCUT2D eigenvalue weighted by Crippen LogP contribution is 2.23. The normalized spacial score (nSPS) is 17.0. The lowest BCUT2D eigenvalue weighted by atomic mass is 10.2. The summed E-state index contributed by atoms with van der Waals surface area (Å²) in [4.78, 5) is 14.4. The zero-order valence-electron chi connectivity index (χ0n) is 13.7. The van der Waals surface area contributed by atoms with E-state index >= 15 is 0 Å². The molecule has 1 unspecified atom stereocenters. The minimum absolute atomic E-state index is 0.115. The number of hydrogen-bond acceptors (Lipinski definition) is 6. The van der Waals surface area contributed by atoms with Crippen molar-refractivity contribution in [1.82, 2.24) is 15.1 Å². The van der Waals surface area contributed by atoms with Crippen molar-refractivity contribution in [2.24, 2.45) is 0 Å². The van der Waals surface area contributed by atoms with Gasteiger partial charge >= 0.3 is 0 Å². The first-order valence-corrected chi connectivity index (χ1v) is 8.05. The Balaban J connectivity index is 1.41. The van der Waals surface area contributed by atoms with E-state index < -0.39 is 0 Å². The van der Waals surface area contributed by atoms with Gasteiger partial charge in [-0.25, -0.2) is 0 Å². The number of carbonyl (C=O) groups excluding carboxylic acids is 1. The van der Waals surface area contributed by atoms with Gasteiger partial charge in [0, 0.05) is 30.5 Å². The molecule has 128 valence electrons. The maximum atomic E-state index is 12.6. The summed E-state index contributed by atoms with van der Waals surface area (Å²) in [6, 6.07) is 12.8. The molecule has 0 radical (unpaired) electrons. The van der Waals surface area contributed by atoms with Crippen LogP contribution in [0, 0.1) is 0 Å². The van der Waals surface area contributed by atoms with Crippen LogP contribution in [0.25, 0.3) is 11.0 Å². The minimum atomic E-state index is -0.122. The van der Waals surface area contributed by atoms with Crippen LogP contribution in [0.15, 0.2) is 46.9 Å². The first-order valence-electron chi connectivity index (χ1n) is 8.05. The molecular formula is C18H17N3O4. The molecule has 4 rings (SSSR count). The third-order valence-corrected chi connectivity index (χ3v) is 4.18. The summed E-state index contributed by atoms with van der Waals surface area (Å²) in [6.45, 7) is 1.10. The van der Waals surface area contributed by atoms with Crippen LogP contribution >= 0.6 is 0 Å². The highest BCUT2D eigenvalue weighted by Gasteiger charge is 2.30. The number of furan rings is 1. The van der Waals surface area contributed by atoms with Crippen molar-refractivity contribution >= 4 is 16.9 Å². The summed E-state index contributed by atoms with van der Waals surface area (Å²) in [5.41, 5.74) is 0.714. The molecule has 1 atom stereocenters. The second-order valence-corrected chi connectivity index (χ2v) is 5.84. The molecule has 7 nitrogen and oxygen atoms in total. The van der Waals surface area contributed by atoms with Crippen molar-refractivity contribution in [3.63, 3.8) is 0 Å². The van der Waals surface area contributed by atoms with E-state index in [4.69, 9.17) is 13.9 Å². The van der Waals surface area contributed by atoms with Crippen LogP contribution in [-0.2, 0) is 0 Å². The number of ether oxygens (including phenoxy) is 2. The van der Waals surface area contributed by atoms with Crippen LogP contribution < -0.4 is 9.47 Å². The number of aromatic nitrogens is 2. The number of carbonyl (C=O) groups is 1. The maximum absolute atomic E-state index is 12.6. The van der Waals surface area contributed by atoms with Crippen molar-refractivity contribution in [3.8, 4) is 11.8 Å². The van der Waals surface area contributed by atoms with Gasteiger partial charge in [0.15, 0.2) is 5.76 Å². The predicted molar refractivity (Wildman–Crippen MR) is 89.7 cm³/mol. The van der Waals surface area contributed by atoms with Crippen molar-refractivity contribution in [3.05, 3.63) is 48.2 Å². The first kappa shape index (κ1) is 15.4. The number of fused-ring (bicyclic) bond motifs is 1. The Morgan fingerprint density at radius 2 is 2.00 bits per heavy atom. The number of para-hydroxylation sites is 1. The molecule has 7 heteroatoms. The second kappa shape index (κ2) is 6.43. The van der Waals surface area contributed by atoms with Gasteiger partial charge in [0.25, 0.3) is 5.91 Å². The first-order chi connectivity index (χ1) is 12.2. The van der Waals surface area contributed by atoms with Crippen LogP contribution in [0.3, 0.4) is 0 Å². The molecule has 3 aromatic rings. The van der Waals surface area contributed by atoms with E-state index in [-0.39, 0.29) is 12.0 Å². The molecule has 3 heterocycles. The van der Waals surface area contributed by atoms with E-state index in [1.807, 2.05) is 24.3 Å². The molecule has 1 aliphatic heterocycles. The van der Waals surface area contributed by atoms with Crippen LogP contribution in [0.5, 0.6) is 11.8 Å². The van der Waals surface area contributed by atoms with Crippen LogP contribution in [0.4, 0.5) is 0 Å². The quantitative estimate of drug-likeness (QED) is 0.727. The summed E-state index contributed by atoms with van der Waals surface area (Å²) in [5.74, 6) is 1.08. The van der Waals surface area contributed by atoms with Gasteiger partial charge in [-0.2, -0.15) is 0 Å². The number of amides is 1. The lowest BCUT2D eigenvalue weighted by Crippen LogP contribution is -2.30. The molecule has 1 aliphatic rings. The Kier molecular flexibility index (Phi) is 3.97. The molecule has 0 saturated carbocycles. The molecule has 0 aliphatic carbocycles. The molecule has 0 spiro atoms. The maximum Gasteiger partial charge on any atom is 0.289 e. The van der Waals surface area contributed by atoms with Gasteiger partial charge in [0.05, 0.1) is 13.7 Å². The average molecular weight is 339 g/mol. The number of methoxy groups -OCH3 is 1. The Hall–Kier alpha value is -3.09. The van der Waals surface area contributed by atoms with E-state index in [9.17, 15) is 4.79 Å². The Labute approximate surface area is 144 Å². The monoisotopic (exact) mass is 339 g/mol. The second-order valence-electron chi connectivity index (χ2n) is 5.84. The summed E-state index contributed by atoms with van der Waals surface area (Å²) >= 11 is 0. The van der Waals surface area contributed by atoms with Crippen molar-refractivity contribution in [2.75, 3.05) is 20.2 Å². The van der Waals surface area contributed by atoms with E-state index in [0.29, 0.717) is 36.2 Å². The van der Waals surface area contributed by atoms with E-state index in [2.05, 4.69) is 10.2 Å². The summed E-state index contributed by atoms with van der Waals surface area (Å²) in [7, 11) is 1.53. The van der Waals surface area contributed by atoms with Gasteiger partial charge in [0.1, 0.15) is 11.7 Å². The van der Waals surface area contributed by atoms with Gasteiger partial charge in [-0.05, 0) is 12.1 Å². The van der Waals surface area contributed by atoms with Gasteiger partial charge in [-0.1, -0.05) is 18.2 Å². The molecule has 1 amide bonds. The molecule has 2 aromatic heterocycles. The minimum Gasteiger partial charge on any atom is -0.480 e. The van der Waals surface area contributed by atoms with E-state index in [1.54, 1.807) is 23.1 Å². The number of likely N-dealkylation sites (tertiary alicyclic amines) is 1. The third kappa shape index (κ3) is 3.13. The van der Waals surface area contributed by atoms with Crippen LogP contribution in [0.1, 0.15) is 17.0 Å². The largest absolute Gasteiger partial charge is 0.480 e. The molecule has 1 saturated heterocycles. The Morgan fingerprint density at radius 1 is 1.20 bits per heavy atom. The zero-order valence-corrected chi connectivity index (χ0v) is 13.7. The van der Waals surface area contributed by atoms with Crippen molar-refractivity contribution in [2.45, 2.75) is 12.5 Å². The number of rotatable bonds is 4. The summed E-state index contributed by atoms with van der Waals surface area (Å²) in [5, 5.41) is 8.75. The highest BCUT2D eigenvalue weighted by atomic mass is 16.5. The van der Waals surface area contributed by atoms with Crippen molar-refractivity contribution < 1.29 is 18.7 Å². The van der Waals surface area contributed by atoms with Gasteiger partial charge in [0.2, 0.25) is 11.8 Å². The fourth-order valence-corrected chi connectivity index (χ4v) is 2.90. The highest BCUT2D eigenvalue weighted by molar-refractivity contribution is 5.96. The standard InChI is InChI=1S/C18H17N3O4/c1-23-16-6-7-17(20-19-16)24-13-8-9-21(11-13)18(22)15-10-12-4-2-3-5-14(12)25-15/h2-7,10,13H,8-9,11H2,1H3. The molecule has 0 bridgehead atoms. The predicted octanol–water partition coefficient (Wildman–Crippen LogP) is 2.52. The SMILES string of the molecule is COc1ccc(OC2CCN(C(=O)c3cc4ccccc4o3)C2)nn1. The lowest BCUT2D eigenvalue weighted by Gasteiger charge is -2.15. The van der Waals surface area contributed by atoms with Crippen LogP contribution in [0.2, 0.25) is 0 Å². The number of benzene rings is 1. The molecule has 25 heavy (non-hydrogen) atoms.